The van der Waals surface area contributed by atoms with Crippen LogP contribution in [0, 0.1) is 6.92 Å². The molecular formula is C25H31F3N2O5S. The van der Waals surface area contributed by atoms with Crippen LogP contribution in [-0.4, -0.2) is 66.8 Å². The Labute approximate surface area is 209 Å². The number of hydrogen-bond donors (Lipinski definition) is 1. The Morgan fingerprint density at radius 2 is 1.69 bits per heavy atom. The number of carboxylic acids is 1. The van der Waals surface area contributed by atoms with Gasteiger partial charge in [-0.05, 0) is 81.1 Å². The highest BCUT2D eigenvalue weighted by Gasteiger charge is 2.38. The van der Waals surface area contributed by atoms with Crippen LogP contribution in [0.5, 0.6) is 5.75 Å². The van der Waals surface area contributed by atoms with Crippen molar-refractivity contribution in [3.63, 3.8) is 0 Å². The van der Waals surface area contributed by atoms with Crippen molar-refractivity contribution in [3.8, 4) is 5.75 Å². The molecule has 0 radical (unpaired) electrons. The van der Waals surface area contributed by atoms with Gasteiger partial charge in [-0.15, -0.1) is 13.2 Å². The second kappa shape index (κ2) is 11.2. The van der Waals surface area contributed by atoms with E-state index in [-0.39, 0.29) is 29.1 Å². The molecule has 0 spiro atoms. The molecule has 1 heterocycles. The van der Waals surface area contributed by atoms with Gasteiger partial charge in [0.2, 0.25) is 10.0 Å². The van der Waals surface area contributed by atoms with Gasteiger partial charge in [0.25, 0.3) is 0 Å². The minimum absolute atomic E-state index is 0.0921. The zero-order valence-corrected chi connectivity index (χ0v) is 21.3. The number of carbonyl (C=O) groups is 1. The van der Waals surface area contributed by atoms with Crippen LogP contribution in [0.4, 0.5) is 13.2 Å². The predicted octanol–water partition coefficient (Wildman–Crippen LogP) is 4.24. The van der Waals surface area contributed by atoms with Crippen molar-refractivity contribution >= 4 is 16.0 Å². The average Bonchev–Trinajstić information content (AvgIpc) is 2.74. The SMILES string of the molecule is Cc1ccc(S(=O)(=O)N2[C@H](C)CN(CCCc3ccc(OC(F)(F)F)cc3)C[C@@H]2C)cc1CC(=O)O. The molecule has 1 saturated heterocycles. The minimum Gasteiger partial charge on any atom is -0.481 e. The number of nitrogens with zero attached hydrogens (tertiary/aromatic N) is 2. The van der Waals surface area contributed by atoms with Gasteiger partial charge in [-0.2, -0.15) is 4.31 Å². The predicted molar refractivity (Wildman–Crippen MR) is 128 cm³/mol. The maximum absolute atomic E-state index is 13.5. The average molecular weight is 529 g/mol. The largest absolute Gasteiger partial charge is 0.573 e. The van der Waals surface area contributed by atoms with Crippen molar-refractivity contribution in [2.24, 2.45) is 0 Å². The zero-order valence-electron chi connectivity index (χ0n) is 20.5. The summed E-state index contributed by atoms with van der Waals surface area (Å²) in [6.45, 7) is 7.25. The first kappa shape index (κ1) is 27.9. The lowest BCUT2D eigenvalue weighted by Crippen LogP contribution is -2.58. The topological polar surface area (TPSA) is 87.2 Å². The van der Waals surface area contributed by atoms with Crippen molar-refractivity contribution in [2.45, 2.75) is 63.4 Å². The molecule has 198 valence electrons. The van der Waals surface area contributed by atoms with E-state index in [0.717, 1.165) is 24.1 Å². The number of piperazine rings is 1. The summed E-state index contributed by atoms with van der Waals surface area (Å²) >= 11 is 0. The molecule has 0 aliphatic carbocycles. The molecule has 1 N–H and O–H groups in total. The van der Waals surface area contributed by atoms with Crippen molar-refractivity contribution in [2.75, 3.05) is 19.6 Å². The van der Waals surface area contributed by atoms with Crippen LogP contribution >= 0.6 is 0 Å². The van der Waals surface area contributed by atoms with Crippen LogP contribution in [0.3, 0.4) is 0 Å². The molecule has 11 heteroatoms. The fourth-order valence-corrected chi connectivity index (χ4v) is 6.58. The summed E-state index contributed by atoms with van der Waals surface area (Å²) in [4.78, 5) is 13.4. The van der Waals surface area contributed by atoms with Crippen LogP contribution < -0.4 is 4.74 Å². The Morgan fingerprint density at radius 1 is 1.08 bits per heavy atom. The van der Waals surface area contributed by atoms with Gasteiger partial charge in [0, 0.05) is 25.2 Å². The standard InChI is InChI=1S/C25H31F3N2O5S/c1-17-6-11-23(13-21(17)14-24(31)32)36(33,34)30-18(2)15-29(16-19(30)3)12-4-5-20-7-9-22(10-8-20)35-25(26,27)28/h6-11,13,18-19H,4-5,12,14-16H2,1-3H3,(H,31,32)/t18-,19+. The first-order chi connectivity index (χ1) is 16.8. The molecule has 0 aromatic heterocycles. The molecular weight excluding hydrogens is 497 g/mol. The van der Waals surface area contributed by atoms with E-state index >= 15 is 0 Å². The fraction of sp³-hybridized carbons (Fsp3) is 0.480. The van der Waals surface area contributed by atoms with Crippen molar-refractivity contribution in [1.29, 1.82) is 0 Å². The number of rotatable bonds is 9. The maximum atomic E-state index is 13.5. The number of ether oxygens (including phenoxy) is 1. The molecule has 2 aromatic rings. The fourth-order valence-electron chi connectivity index (χ4n) is 4.72. The molecule has 2 atom stereocenters. The smallest absolute Gasteiger partial charge is 0.481 e. The van der Waals surface area contributed by atoms with E-state index in [1.54, 1.807) is 25.1 Å². The molecule has 0 amide bonds. The lowest BCUT2D eigenvalue weighted by atomic mass is 10.1. The molecule has 1 aliphatic heterocycles. The number of sulfonamides is 1. The molecule has 0 unspecified atom stereocenters. The van der Waals surface area contributed by atoms with Gasteiger partial charge in [-0.1, -0.05) is 18.2 Å². The number of alkyl halides is 3. The molecule has 1 aliphatic rings. The second-order valence-electron chi connectivity index (χ2n) is 9.25. The van der Waals surface area contributed by atoms with Gasteiger partial charge in [0.1, 0.15) is 5.75 Å². The zero-order chi connectivity index (χ0) is 26.7. The van der Waals surface area contributed by atoms with Crippen molar-refractivity contribution in [3.05, 3.63) is 59.2 Å². The summed E-state index contributed by atoms with van der Waals surface area (Å²) in [5, 5.41) is 9.13. The quantitative estimate of drug-likeness (QED) is 0.524. The summed E-state index contributed by atoms with van der Waals surface area (Å²) in [7, 11) is -3.82. The Balaban J connectivity index is 1.60. The van der Waals surface area contributed by atoms with E-state index in [1.165, 1.54) is 28.6 Å². The first-order valence-electron chi connectivity index (χ1n) is 11.7. The Hall–Kier alpha value is -2.63. The van der Waals surface area contributed by atoms with E-state index in [9.17, 15) is 26.4 Å². The van der Waals surface area contributed by atoms with Gasteiger partial charge >= 0.3 is 12.3 Å². The lowest BCUT2D eigenvalue weighted by Gasteiger charge is -2.43. The monoisotopic (exact) mass is 528 g/mol. The van der Waals surface area contributed by atoms with Crippen molar-refractivity contribution < 1.29 is 36.2 Å². The van der Waals surface area contributed by atoms with Crippen LogP contribution in [-0.2, 0) is 27.7 Å². The molecule has 3 rings (SSSR count). The third-order valence-electron chi connectivity index (χ3n) is 6.25. The molecule has 1 fully saturated rings. The lowest BCUT2D eigenvalue weighted by molar-refractivity contribution is -0.274. The van der Waals surface area contributed by atoms with Gasteiger partial charge in [0.05, 0.1) is 11.3 Å². The summed E-state index contributed by atoms with van der Waals surface area (Å²) < 4.78 is 69.2. The highest BCUT2D eigenvalue weighted by Crippen LogP contribution is 2.27. The van der Waals surface area contributed by atoms with Gasteiger partial charge in [0.15, 0.2) is 0 Å². The van der Waals surface area contributed by atoms with Crippen LogP contribution in [0.1, 0.15) is 37.0 Å². The van der Waals surface area contributed by atoms with E-state index in [4.69, 9.17) is 5.11 Å². The normalized spacial score (nSPS) is 19.8. The third-order valence-corrected chi connectivity index (χ3v) is 8.37. The number of halogens is 3. The summed E-state index contributed by atoms with van der Waals surface area (Å²) in [6.07, 6.45) is -3.53. The number of benzene rings is 2. The third kappa shape index (κ3) is 7.21. The van der Waals surface area contributed by atoms with Gasteiger partial charge < -0.3 is 14.7 Å². The van der Waals surface area contributed by atoms with E-state index in [0.29, 0.717) is 25.1 Å². The molecule has 36 heavy (non-hydrogen) atoms. The second-order valence-corrected chi connectivity index (χ2v) is 11.1. The first-order valence-corrected chi connectivity index (χ1v) is 13.1. The minimum atomic E-state index is -4.72. The highest BCUT2D eigenvalue weighted by atomic mass is 32.2. The van der Waals surface area contributed by atoms with Crippen molar-refractivity contribution in [1.82, 2.24) is 9.21 Å². The number of hydrogen-bond acceptors (Lipinski definition) is 5. The molecule has 7 nitrogen and oxygen atoms in total. The Morgan fingerprint density at radius 3 is 2.25 bits per heavy atom. The number of carboxylic acid groups (broad SMARTS) is 1. The molecule has 0 bridgehead atoms. The molecule has 2 aromatic carbocycles. The van der Waals surface area contributed by atoms with Gasteiger partial charge in [-0.25, -0.2) is 8.42 Å². The van der Waals surface area contributed by atoms with Crippen LogP contribution in [0.15, 0.2) is 47.4 Å². The van der Waals surface area contributed by atoms with E-state index in [1.807, 2.05) is 13.8 Å². The maximum Gasteiger partial charge on any atom is 0.573 e. The summed E-state index contributed by atoms with van der Waals surface area (Å²) in [6, 6.07) is 9.84. The number of aliphatic carboxylic acids is 1. The number of aryl methyl sites for hydroxylation is 2. The molecule has 0 saturated carbocycles. The summed E-state index contributed by atoms with van der Waals surface area (Å²) in [5.74, 6) is -1.27. The van der Waals surface area contributed by atoms with E-state index in [2.05, 4.69) is 9.64 Å². The Bertz CT molecular complexity index is 1160. The highest BCUT2D eigenvalue weighted by molar-refractivity contribution is 7.89. The Kier molecular flexibility index (Phi) is 8.68. The van der Waals surface area contributed by atoms with Crippen LogP contribution in [0.2, 0.25) is 0 Å². The van der Waals surface area contributed by atoms with E-state index < -0.39 is 22.4 Å². The van der Waals surface area contributed by atoms with Gasteiger partial charge in [-0.3, -0.25) is 4.79 Å². The van der Waals surface area contributed by atoms with Crippen LogP contribution in [0.25, 0.3) is 0 Å². The summed E-state index contributed by atoms with van der Waals surface area (Å²) in [5.41, 5.74) is 2.09.